The highest BCUT2D eigenvalue weighted by Gasteiger charge is 2.34. The number of amides is 1. The molecule has 0 spiro atoms. The highest BCUT2D eigenvalue weighted by molar-refractivity contribution is 5.84. The molecule has 0 aliphatic rings. The van der Waals surface area contributed by atoms with Crippen molar-refractivity contribution in [3.63, 3.8) is 0 Å². The van der Waals surface area contributed by atoms with Gasteiger partial charge in [-0.15, -0.1) is 0 Å². The summed E-state index contributed by atoms with van der Waals surface area (Å²) in [7, 11) is 0. The van der Waals surface area contributed by atoms with Crippen molar-refractivity contribution in [3.05, 3.63) is 71.8 Å². The highest BCUT2D eigenvalue weighted by atomic mass is 16.5. The van der Waals surface area contributed by atoms with Gasteiger partial charge in [0.05, 0.1) is 6.61 Å². The van der Waals surface area contributed by atoms with Crippen LogP contribution < -0.4 is 5.73 Å². The highest BCUT2D eigenvalue weighted by Crippen LogP contribution is 2.26. The predicted molar refractivity (Wildman–Crippen MR) is 74.2 cm³/mol. The van der Waals surface area contributed by atoms with E-state index in [0.29, 0.717) is 6.61 Å². The van der Waals surface area contributed by atoms with E-state index in [-0.39, 0.29) is 0 Å². The zero-order valence-electron chi connectivity index (χ0n) is 10.9. The Morgan fingerprint density at radius 3 is 2.11 bits per heavy atom. The molecule has 3 nitrogen and oxygen atoms in total. The molecule has 1 amide bonds. The molecule has 0 saturated carbocycles. The molecule has 19 heavy (non-hydrogen) atoms. The van der Waals surface area contributed by atoms with Crippen molar-refractivity contribution in [3.8, 4) is 0 Å². The van der Waals surface area contributed by atoms with Crippen LogP contribution in [-0.4, -0.2) is 5.91 Å². The Kier molecular flexibility index (Phi) is 3.97. The fourth-order valence-electron chi connectivity index (χ4n) is 1.85. The van der Waals surface area contributed by atoms with E-state index in [9.17, 15) is 4.79 Å². The van der Waals surface area contributed by atoms with Crippen molar-refractivity contribution in [2.24, 2.45) is 5.73 Å². The van der Waals surface area contributed by atoms with Gasteiger partial charge in [0.25, 0.3) is 5.91 Å². The van der Waals surface area contributed by atoms with Crippen molar-refractivity contribution >= 4 is 5.91 Å². The molecule has 98 valence electrons. The van der Waals surface area contributed by atoms with Gasteiger partial charge in [0.1, 0.15) is 0 Å². The van der Waals surface area contributed by atoms with Crippen molar-refractivity contribution in [2.75, 3.05) is 0 Å². The average Bonchev–Trinajstić information content (AvgIpc) is 2.46. The van der Waals surface area contributed by atoms with Gasteiger partial charge >= 0.3 is 0 Å². The molecule has 2 N–H and O–H groups in total. The lowest BCUT2D eigenvalue weighted by atomic mass is 9.95. The number of rotatable bonds is 5. The van der Waals surface area contributed by atoms with Gasteiger partial charge in [-0.25, -0.2) is 0 Å². The first-order chi connectivity index (χ1) is 9.13. The Morgan fingerprint density at radius 1 is 1.05 bits per heavy atom. The van der Waals surface area contributed by atoms with Gasteiger partial charge in [-0.3, -0.25) is 4.79 Å². The van der Waals surface area contributed by atoms with Crippen LogP contribution in [0.25, 0.3) is 0 Å². The van der Waals surface area contributed by atoms with Crippen LogP contribution in [0.15, 0.2) is 60.7 Å². The number of hydrogen-bond acceptors (Lipinski definition) is 2. The van der Waals surface area contributed by atoms with Crippen LogP contribution in [0.3, 0.4) is 0 Å². The first-order valence-corrected chi connectivity index (χ1v) is 6.16. The molecule has 0 aromatic heterocycles. The van der Waals surface area contributed by atoms with Crippen molar-refractivity contribution in [1.29, 1.82) is 0 Å². The van der Waals surface area contributed by atoms with Crippen LogP contribution in [0.5, 0.6) is 0 Å². The fraction of sp³-hybridized carbons (Fsp3) is 0.188. The monoisotopic (exact) mass is 255 g/mol. The van der Waals surface area contributed by atoms with Gasteiger partial charge in [-0.2, -0.15) is 0 Å². The summed E-state index contributed by atoms with van der Waals surface area (Å²) >= 11 is 0. The number of benzene rings is 2. The van der Waals surface area contributed by atoms with E-state index in [1.54, 1.807) is 6.92 Å². The van der Waals surface area contributed by atoms with Gasteiger partial charge in [-0.05, 0) is 18.1 Å². The number of nitrogens with two attached hydrogens (primary N) is 1. The third-order valence-corrected chi connectivity index (χ3v) is 3.17. The van der Waals surface area contributed by atoms with Crippen LogP contribution >= 0.6 is 0 Å². The number of hydrogen-bond donors (Lipinski definition) is 1. The van der Waals surface area contributed by atoms with Gasteiger partial charge in [-0.1, -0.05) is 60.7 Å². The number of carbonyl (C=O) groups is 1. The second-order valence-corrected chi connectivity index (χ2v) is 4.54. The number of ether oxygens (including phenoxy) is 1. The zero-order chi connectivity index (χ0) is 13.7. The van der Waals surface area contributed by atoms with Crippen molar-refractivity contribution in [2.45, 2.75) is 19.1 Å². The van der Waals surface area contributed by atoms with Gasteiger partial charge < -0.3 is 10.5 Å². The van der Waals surface area contributed by atoms with Crippen LogP contribution in [0.2, 0.25) is 0 Å². The molecule has 0 radical (unpaired) electrons. The lowest BCUT2D eigenvalue weighted by Gasteiger charge is -2.27. The minimum Gasteiger partial charge on any atom is -0.367 e. The third-order valence-electron chi connectivity index (χ3n) is 3.17. The summed E-state index contributed by atoms with van der Waals surface area (Å²) < 4.78 is 5.79. The Hall–Kier alpha value is -2.13. The molecular formula is C16H17NO2. The molecule has 0 bridgehead atoms. The molecule has 0 saturated heterocycles. The summed E-state index contributed by atoms with van der Waals surface area (Å²) in [4.78, 5) is 11.7. The van der Waals surface area contributed by atoms with Gasteiger partial charge in [0.2, 0.25) is 0 Å². The van der Waals surface area contributed by atoms with Crippen LogP contribution in [0, 0.1) is 0 Å². The Morgan fingerprint density at radius 2 is 1.58 bits per heavy atom. The normalized spacial score (nSPS) is 13.7. The maximum atomic E-state index is 11.7. The van der Waals surface area contributed by atoms with E-state index in [2.05, 4.69) is 0 Å². The van der Waals surface area contributed by atoms with Crippen LogP contribution in [-0.2, 0) is 21.7 Å². The molecule has 1 atom stereocenters. The van der Waals surface area contributed by atoms with E-state index in [1.807, 2.05) is 60.7 Å². The third kappa shape index (κ3) is 3.01. The van der Waals surface area contributed by atoms with Gasteiger partial charge in [0, 0.05) is 0 Å². The Labute approximate surface area is 113 Å². The lowest BCUT2D eigenvalue weighted by Crippen LogP contribution is -2.40. The number of carbonyl (C=O) groups excluding carboxylic acids is 1. The maximum Gasteiger partial charge on any atom is 0.254 e. The topological polar surface area (TPSA) is 52.3 Å². The second-order valence-electron chi connectivity index (χ2n) is 4.54. The fourth-order valence-corrected chi connectivity index (χ4v) is 1.85. The van der Waals surface area contributed by atoms with Crippen LogP contribution in [0.4, 0.5) is 0 Å². The largest absolute Gasteiger partial charge is 0.367 e. The van der Waals surface area contributed by atoms with E-state index in [4.69, 9.17) is 10.5 Å². The first-order valence-electron chi connectivity index (χ1n) is 6.16. The molecule has 3 heteroatoms. The minimum absolute atomic E-state index is 0.342. The molecular weight excluding hydrogens is 238 g/mol. The lowest BCUT2D eigenvalue weighted by molar-refractivity contribution is -0.144. The quantitative estimate of drug-likeness (QED) is 0.892. The van der Waals surface area contributed by atoms with E-state index >= 15 is 0 Å². The molecule has 0 aliphatic heterocycles. The predicted octanol–water partition coefficient (Wildman–Crippen LogP) is 2.60. The van der Waals surface area contributed by atoms with Crippen molar-refractivity contribution in [1.82, 2.24) is 0 Å². The Balaban J connectivity index is 2.19. The van der Waals surface area contributed by atoms with E-state index in [1.165, 1.54) is 0 Å². The maximum absolute atomic E-state index is 11.7. The molecule has 2 aromatic carbocycles. The molecule has 2 aromatic rings. The molecule has 0 heterocycles. The summed E-state index contributed by atoms with van der Waals surface area (Å²) in [6, 6.07) is 19.0. The summed E-state index contributed by atoms with van der Waals surface area (Å²) in [5.74, 6) is -0.491. The second kappa shape index (κ2) is 5.67. The number of primary amides is 1. The molecule has 0 aliphatic carbocycles. The standard InChI is InChI=1S/C16H17NO2/c1-16(15(17)18,14-10-6-3-7-11-14)19-12-13-8-4-2-5-9-13/h2-11H,12H2,1H3,(H2,17,18)/t16-/m1/s1. The average molecular weight is 255 g/mol. The van der Waals surface area contributed by atoms with Crippen molar-refractivity contribution < 1.29 is 9.53 Å². The van der Waals surface area contributed by atoms with E-state index < -0.39 is 11.5 Å². The first kappa shape index (κ1) is 13.3. The summed E-state index contributed by atoms with van der Waals surface area (Å²) in [6.45, 7) is 2.04. The van der Waals surface area contributed by atoms with E-state index in [0.717, 1.165) is 11.1 Å². The minimum atomic E-state index is -1.11. The van der Waals surface area contributed by atoms with Gasteiger partial charge in [0.15, 0.2) is 5.60 Å². The summed E-state index contributed by atoms with van der Waals surface area (Å²) in [5, 5.41) is 0. The Bertz CT molecular complexity index is 539. The summed E-state index contributed by atoms with van der Waals surface area (Å²) in [6.07, 6.45) is 0. The summed E-state index contributed by atoms with van der Waals surface area (Å²) in [5.41, 5.74) is 6.16. The zero-order valence-corrected chi connectivity index (χ0v) is 10.9. The molecule has 0 unspecified atom stereocenters. The van der Waals surface area contributed by atoms with Crippen LogP contribution in [0.1, 0.15) is 18.1 Å². The molecule has 2 rings (SSSR count). The molecule has 0 fully saturated rings. The smallest absolute Gasteiger partial charge is 0.254 e. The SMILES string of the molecule is C[C@](OCc1ccccc1)(C(N)=O)c1ccccc1.